The van der Waals surface area contributed by atoms with Gasteiger partial charge in [-0.1, -0.05) is 24.6 Å². The summed E-state index contributed by atoms with van der Waals surface area (Å²) in [5, 5.41) is 0. The summed E-state index contributed by atoms with van der Waals surface area (Å²) in [6.07, 6.45) is 15.6. The summed E-state index contributed by atoms with van der Waals surface area (Å²) in [5.74, 6) is 0.991. The molecule has 2 heteroatoms. The fraction of sp³-hybridized carbons (Fsp3) is 0.571. The predicted octanol–water partition coefficient (Wildman–Crippen LogP) is 2.89. The first-order valence-corrected chi connectivity index (χ1v) is 6.34. The van der Waals surface area contributed by atoms with Gasteiger partial charge in [-0.15, -0.1) is 0 Å². The van der Waals surface area contributed by atoms with Gasteiger partial charge in [0.25, 0.3) is 0 Å². The first-order valence-electron chi connectivity index (χ1n) is 6.34. The first kappa shape index (κ1) is 11.5. The molecule has 0 aromatic heterocycles. The molecule has 2 rings (SSSR count). The average molecular weight is 219 g/mol. The normalized spacial score (nSPS) is 21.6. The van der Waals surface area contributed by atoms with Crippen molar-refractivity contribution in [1.82, 2.24) is 4.90 Å². The fourth-order valence-corrected chi connectivity index (χ4v) is 2.13. The number of hydrogen-bond donors (Lipinski definition) is 0. The van der Waals surface area contributed by atoms with Gasteiger partial charge in [0, 0.05) is 6.54 Å². The van der Waals surface area contributed by atoms with Crippen LogP contribution in [0.5, 0.6) is 0 Å². The number of nitrogens with zero attached hydrogens (tertiary/aromatic N) is 1. The first-order chi connectivity index (χ1) is 7.95. The van der Waals surface area contributed by atoms with Crippen molar-refractivity contribution in [3.63, 3.8) is 0 Å². The fourth-order valence-electron chi connectivity index (χ4n) is 2.13. The van der Waals surface area contributed by atoms with E-state index >= 15 is 0 Å². The van der Waals surface area contributed by atoms with Crippen LogP contribution in [0.4, 0.5) is 0 Å². The molecule has 0 aromatic rings. The minimum absolute atomic E-state index is 0.810. The van der Waals surface area contributed by atoms with Crippen molar-refractivity contribution in [3.8, 4) is 0 Å². The zero-order chi connectivity index (χ0) is 11.1. The molecule has 0 radical (unpaired) electrons. The SMILES string of the molecule is C1=CCC=CC(OCCN2CCCCC2)=C1. The van der Waals surface area contributed by atoms with E-state index in [4.69, 9.17) is 4.74 Å². The second-order valence-corrected chi connectivity index (χ2v) is 4.39. The number of rotatable bonds is 4. The van der Waals surface area contributed by atoms with Crippen LogP contribution in [0.15, 0.2) is 36.1 Å². The summed E-state index contributed by atoms with van der Waals surface area (Å²) in [5.41, 5.74) is 0. The molecule has 0 amide bonds. The quantitative estimate of drug-likeness (QED) is 0.721. The number of hydrogen-bond acceptors (Lipinski definition) is 2. The number of piperidine rings is 1. The summed E-state index contributed by atoms with van der Waals surface area (Å²) < 4.78 is 5.75. The van der Waals surface area contributed by atoms with Gasteiger partial charge in [0.15, 0.2) is 0 Å². The Balaban J connectivity index is 1.67. The number of allylic oxidation sites excluding steroid dienone is 5. The van der Waals surface area contributed by atoms with Crippen molar-refractivity contribution < 1.29 is 4.74 Å². The Morgan fingerprint density at radius 2 is 2.00 bits per heavy atom. The van der Waals surface area contributed by atoms with Crippen LogP contribution in [0.2, 0.25) is 0 Å². The highest BCUT2D eigenvalue weighted by atomic mass is 16.5. The largest absolute Gasteiger partial charge is 0.492 e. The van der Waals surface area contributed by atoms with Crippen LogP contribution in [0.3, 0.4) is 0 Å². The van der Waals surface area contributed by atoms with Crippen LogP contribution in [-0.4, -0.2) is 31.1 Å². The molecule has 1 heterocycles. The van der Waals surface area contributed by atoms with Gasteiger partial charge in [-0.2, -0.15) is 0 Å². The molecule has 0 atom stereocenters. The molecule has 0 spiro atoms. The van der Waals surface area contributed by atoms with E-state index in [1.54, 1.807) is 0 Å². The molecule has 1 saturated heterocycles. The average Bonchev–Trinajstić information content (AvgIpc) is 2.59. The van der Waals surface area contributed by atoms with Gasteiger partial charge in [-0.3, -0.25) is 4.90 Å². The Morgan fingerprint density at radius 3 is 2.88 bits per heavy atom. The second kappa shape index (κ2) is 6.54. The molecular formula is C14H21NO. The molecule has 1 fully saturated rings. The van der Waals surface area contributed by atoms with Crippen molar-refractivity contribution in [3.05, 3.63) is 36.1 Å². The van der Waals surface area contributed by atoms with E-state index in [0.29, 0.717) is 0 Å². The second-order valence-electron chi connectivity index (χ2n) is 4.39. The molecule has 0 saturated carbocycles. The van der Waals surface area contributed by atoms with E-state index in [1.807, 2.05) is 6.08 Å². The summed E-state index contributed by atoms with van der Waals surface area (Å²) in [6.45, 7) is 4.37. The summed E-state index contributed by atoms with van der Waals surface area (Å²) >= 11 is 0. The standard InChI is InChI=1S/C14H21NO/c1-2-5-9-14(8-4-1)16-13-12-15-10-6-3-7-11-15/h1,4-5,8-9H,2-3,6-7,10-13H2. The third-order valence-electron chi connectivity index (χ3n) is 3.08. The van der Waals surface area contributed by atoms with Gasteiger partial charge in [0.1, 0.15) is 12.4 Å². The van der Waals surface area contributed by atoms with Crippen LogP contribution in [0.25, 0.3) is 0 Å². The minimum Gasteiger partial charge on any atom is -0.492 e. The third kappa shape index (κ3) is 3.86. The Labute approximate surface area is 98.3 Å². The molecule has 0 bridgehead atoms. The molecule has 2 aliphatic rings. The lowest BCUT2D eigenvalue weighted by atomic mass is 10.1. The van der Waals surface area contributed by atoms with E-state index in [1.165, 1.54) is 32.4 Å². The molecule has 1 aliphatic carbocycles. The maximum atomic E-state index is 5.75. The Kier molecular flexibility index (Phi) is 4.69. The van der Waals surface area contributed by atoms with Gasteiger partial charge in [-0.25, -0.2) is 0 Å². The van der Waals surface area contributed by atoms with E-state index in [9.17, 15) is 0 Å². The number of likely N-dealkylation sites (tertiary alicyclic amines) is 1. The van der Waals surface area contributed by atoms with Crippen LogP contribution in [-0.2, 0) is 4.74 Å². The van der Waals surface area contributed by atoms with Gasteiger partial charge < -0.3 is 4.74 Å². The van der Waals surface area contributed by atoms with Gasteiger partial charge in [0.2, 0.25) is 0 Å². The number of ether oxygens (including phenoxy) is 1. The molecule has 0 N–H and O–H groups in total. The van der Waals surface area contributed by atoms with Crippen molar-refractivity contribution in [2.24, 2.45) is 0 Å². The lowest BCUT2D eigenvalue weighted by molar-refractivity contribution is 0.148. The van der Waals surface area contributed by atoms with E-state index in [2.05, 4.69) is 29.2 Å². The minimum atomic E-state index is 0.810. The van der Waals surface area contributed by atoms with E-state index in [0.717, 1.165) is 25.3 Å². The van der Waals surface area contributed by atoms with E-state index in [-0.39, 0.29) is 0 Å². The van der Waals surface area contributed by atoms with Crippen molar-refractivity contribution in [1.29, 1.82) is 0 Å². The predicted molar refractivity (Wildman–Crippen MR) is 67.2 cm³/mol. The van der Waals surface area contributed by atoms with Crippen molar-refractivity contribution >= 4 is 0 Å². The third-order valence-corrected chi connectivity index (χ3v) is 3.08. The molecule has 88 valence electrons. The molecule has 0 unspecified atom stereocenters. The topological polar surface area (TPSA) is 12.5 Å². The Morgan fingerprint density at radius 1 is 1.12 bits per heavy atom. The van der Waals surface area contributed by atoms with Gasteiger partial charge >= 0.3 is 0 Å². The van der Waals surface area contributed by atoms with Crippen LogP contribution >= 0.6 is 0 Å². The van der Waals surface area contributed by atoms with Gasteiger partial charge in [-0.05, 0) is 44.5 Å². The monoisotopic (exact) mass is 219 g/mol. The van der Waals surface area contributed by atoms with Crippen molar-refractivity contribution in [2.75, 3.05) is 26.2 Å². The van der Waals surface area contributed by atoms with Crippen LogP contribution < -0.4 is 0 Å². The zero-order valence-electron chi connectivity index (χ0n) is 9.90. The maximum Gasteiger partial charge on any atom is 0.119 e. The lowest BCUT2D eigenvalue weighted by Crippen LogP contribution is -2.32. The molecule has 2 nitrogen and oxygen atoms in total. The summed E-state index contributed by atoms with van der Waals surface area (Å²) in [7, 11) is 0. The van der Waals surface area contributed by atoms with Crippen molar-refractivity contribution in [2.45, 2.75) is 25.7 Å². The van der Waals surface area contributed by atoms with Crippen LogP contribution in [0, 0.1) is 0 Å². The lowest BCUT2D eigenvalue weighted by Gasteiger charge is -2.26. The smallest absolute Gasteiger partial charge is 0.119 e. The highest BCUT2D eigenvalue weighted by Gasteiger charge is 2.09. The van der Waals surface area contributed by atoms with Gasteiger partial charge in [0.05, 0.1) is 0 Å². The molecule has 1 aliphatic heterocycles. The van der Waals surface area contributed by atoms with Crippen LogP contribution in [0.1, 0.15) is 25.7 Å². The molecular weight excluding hydrogens is 198 g/mol. The Hall–Kier alpha value is -1.02. The maximum absolute atomic E-state index is 5.75. The summed E-state index contributed by atoms with van der Waals surface area (Å²) in [6, 6.07) is 0. The highest BCUT2D eigenvalue weighted by molar-refractivity contribution is 5.22. The highest BCUT2D eigenvalue weighted by Crippen LogP contribution is 2.09. The zero-order valence-corrected chi connectivity index (χ0v) is 9.90. The Bertz CT molecular complexity index is 285. The molecule has 16 heavy (non-hydrogen) atoms. The summed E-state index contributed by atoms with van der Waals surface area (Å²) in [4.78, 5) is 2.50. The molecule has 0 aromatic carbocycles. The van der Waals surface area contributed by atoms with E-state index < -0.39 is 0 Å².